The average Bonchev–Trinajstić information content (AvgIpc) is 3.15. The standard InChI is InChI=1S/C22H24N2O3/c1-2-21(26)23-18-8-10-19(11-9-18)24-22(27)13-12-20(25)17-7-6-15-4-3-5-16(15)14-17/h6-11,14H,2-5,12-13H2,1H3,(H,23,26)(H,24,27). The summed E-state index contributed by atoms with van der Waals surface area (Å²) in [7, 11) is 0. The van der Waals surface area contributed by atoms with Crippen molar-refractivity contribution in [3.8, 4) is 0 Å². The van der Waals surface area contributed by atoms with E-state index in [0.717, 1.165) is 19.3 Å². The second-order valence-electron chi connectivity index (χ2n) is 6.79. The number of rotatable bonds is 7. The van der Waals surface area contributed by atoms with Gasteiger partial charge in [-0.1, -0.05) is 19.1 Å². The Kier molecular flexibility index (Phi) is 6.01. The molecule has 1 aliphatic rings. The van der Waals surface area contributed by atoms with Crippen LogP contribution in [-0.4, -0.2) is 17.6 Å². The van der Waals surface area contributed by atoms with Crippen molar-refractivity contribution in [2.45, 2.75) is 45.4 Å². The summed E-state index contributed by atoms with van der Waals surface area (Å²) in [6.07, 6.45) is 4.02. The lowest BCUT2D eigenvalue weighted by molar-refractivity contribution is -0.116. The largest absolute Gasteiger partial charge is 0.326 e. The molecular weight excluding hydrogens is 340 g/mol. The highest BCUT2D eigenvalue weighted by Gasteiger charge is 2.15. The Morgan fingerprint density at radius 2 is 1.44 bits per heavy atom. The first-order valence-electron chi connectivity index (χ1n) is 9.40. The normalized spacial score (nSPS) is 12.3. The van der Waals surface area contributed by atoms with Crippen LogP contribution in [0, 0.1) is 0 Å². The van der Waals surface area contributed by atoms with E-state index in [1.54, 1.807) is 31.2 Å². The van der Waals surface area contributed by atoms with Gasteiger partial charge in [0.25, 0.3) is 0 Å². The van der Waals surface area contributed by atoms with Gasteiger partial charge in [-0.15, -0.1) is 0 Å². The molecular formula is C22H24N2O3. The Hall–Kier alpha value is -2.95. The molecule has 0 spiro atoms. The number of fused-ring (bicyclic) bond motifs is 1. The van der Waals surface area contributed by atoms with E-state index in [0.29, 0.717) is 23.4 Å². The third kappa shape index (κ3) is 5.03. The van der Waals surface area contributed by atoms with E-state index < -0.39 is 0 Å². The number of amides is 2. The molecule has 5 nitrogen and oxygen atoms in total. The van der Waals surface area contributed by atoms with Gasteiger partial charge in [0.15, 0.2) is 5.78 Å². The van der Waals surface area contributed by atoms with Crippen molar-refractivity contribution in [3.05, 3.63) is 59.2 Å². The fraction of sp³-hybridized carbons (Fsp3) is 0.318. The lowest BCUT2D eigenvalue weighted by atomic mass is 10.0. The Labute approximate surface area is 159 Å². The van der Waals surface area contributed by atoms with Crippen LogP contribution < -0.4 is 10.6 Å². The van der Waals surface area contributed by atoms with E-state index >= 15 is 0 Å². The molecule has 140 valence electrons. The molecule has 0 radical (unpaired) electrons. The molecule has 2 aromatic rings. The van der Waals surface area contributed by atoms with Gasteiger partial charge in [-0.2, -0.15) is 0 Å². The predicted octanol–water partition coefficient (Wildman–Crippen LogP) is 4.13. The first-order chi connectivity index (χ1) is 13.0. The zero-order valence-electron chi connectivity index (χ0n) is 15.5. The van der Waals surface area contributed by atoms with Gasteiger partial charge >= 0.3 is 0 Å². The maximum atomic E-state index is 12.4. The molecule has 0 saturated heterocycles. The smallest absolute Gasteiger partial charge is 0.224 e. The highest BCUT2D eigenvalue weighted by atomic mass is 16.2. The quantitative estimate of drug-likeness (QED) is 0.726. The van der Waals surface area contributed by atoms with Gasteiger partial charge in [0.2, 0.25) is 11.8 Å². The number of carbonyl (C=O) groups is 3. The Bertz CT molecular complexity index is 856. The van der Waals surface area contributed by atoms with E-state index in [4.69, 9.17) is 0 Å². The first-order valence-corrected chi connectivity index (χ1v) is 9.40. The molecule has 0 aliphatic heterocycles. The number of aryl methyl sites for hydroxylation is 2. The number of Topliss-reactive ketones (excluding diaryl/α,β-unsaturated/α-hetero) is 1. The van der Waals surface area contributed by atoms with Crippen molar-refractivity contribution < 1.29 is 14.4 Å². The molecule has 0 saturated carbocycles. The minimum absolute atomic E-state index is 0.00234. The summed E-state index contributed by atoms with van der Waals surface area (Å²) >= 11 is 0. The highest BCUT2D eigenvalue weighted by molar-refractivity contribution is 6.00. The molecule has 2 N–H and O–H groups in total. The number of ketones is 1. The Morgan fingerprint density at radius 3 is 2.11 bits per heavy atom. The summed E-state index contributed by atoms with van der Waals surface area (Å²) < 4.78 is 0. The second-order valence-corrected chi connectivity index (χ2v) is 6.79. The highest BCUT2D eigenvalue weighted by Crippen LogP contribution is 2.23. The van der Waals surface area contributed by atoms with Gasteiger partial charge < -0.3 is 10.6 Å². The molecule has 1 aliphatic carbocycles. The van der Waals surface area contributed by atoms with Gasteiger partial charge in [0.05, 0.1) is 0 Å². The third-order valence-corrected chi connectivity index (χ3v) is 4.77. The first kappa shape index (κ1) is 18.8. The minimum Gasteiger partial charge on any atom is -0.326 e. The fourth-order valence-corrected chi connectivity index (χ4v) is 3.23. The van der Waals surface area contributed by atoms with Crippen molar-refractivity contribution in [2.24, 2.45) is 0 Å². The van der Waals surface area contributed by atoms with E-state index in [1.165, 1.54) is 11.1 Å². The lowest BCUT2D eigenvalue weighted by Gasteiger charge is -2.08. The van der Waals surface area contributed by atoms with Gasteiger partial charge in [-0.25, -0.2) is 0 Å². The van der Waals surface area contributed by atoms with Crippen LogP contribution in [0.2, 0.25) is 0 Å². The van der Waals surface area contributed by atoms with Crippen molar-refractivity contribution in [2.75, 3.05) is 10.6 Å². The van der Waals surface area contributed by atoms with E-state index in [-0.39, 0.29) is 30.4 Å². The number of hydrogen-bond donors (Lipinski definition) is 2. The third-order valence-electron chi connectivity index (χ3n) is 4.77. The molecule has 0 heterocycles. The van der Waals surface area contributed by atoms with Crippen molar-refractivity contribution in [1.82, 2.24) is 0 Å². The zero-order valence-corrected chi connectivity index (χ0v) is 15.5. The van der Waals surface area contributed by atoms with Gasteiger partial charge in [0, 0.05) is 36.2 Å². The number of nitrogens with one attached hydrogen (secondary N) is 2. The molecule has 0 bridgehead atoms. The van der Waals surface area contributed by atoms with E-state index in [1.807, 2.05) is 18.2 Å². The number of hydrogen-bond acceptors (Lipinski definition) is 3. The maximum Gasteiger partial charge on any atom is 0.224 e. The number of benzene rings is 2. The van der Waals surface area contributed by atoms with E-state index in [2.05, 4.69) is 10.6 Å². The maximum absolute atomic E-state index is 12.4. The van der Waals surface area contributed by atoms with Crippen molar-refractivity contribution in [1.29, 1.82) is 0 Å². The molecule has 0 unspecified atom stereocenters. The van der Waals surface area contributed by atoms with Crippen LogP contribution in [0.25, 0.3) is 0 Å². The molecule has 2 amide bonds. The lowest BCUT2D eigenvalue weighted by Crippen LogP contribution is -2.14. The van der Waals surface area contributed by atoms with Crippen LogP contribution in [0.4, 0.5) is 11.4 Å². The minimum atomic E-state index is -0.199. The fourth-order valence-electron chi connectivity index (χ4n) is 3.23. The van der Waals surface area contributed by atoms with Gasteiger partial charge in [-0.05, 0) is 60.7 Å². The summed E-state index contributed by atoms with van der Waals surface area (Å²) in [6, 6.07) is 12.8. The molecule has 27 heavy (non-hydrogen) atoms. The number of anilines is 2. The topological polar surface area (TPSA) is 75.3 Å². The monoisotopic (exact) mass is 364 g/mol. The van der Waals surface area contributed by atoms with Crippen LogP contribution in [0.15, 0.2) is 42.5 Å². The van der Waals surface area contributed by atoms with Crippen LogP contribution in [0.5, 0.6) is 0 Å². The molecule has 0 atom stereocenters. The van der Waals surface area contributed by atoms with Crippen LogP contribution in [-0.2, 0) is 22.4 Å². The van der Waals surface area contributed by atoms with Crippen molar-refractivity contribution in [3.63, 3.8) is 0 Å². The molecule has 5 heteroatoms. The average molecular weight is 364 g/mol. The van der Waals surface area contributed by atoms with Crippen LogP contribution in [0.3, 0.4) is 0 Å². The Balaban J connectivity index is 1.49. The van der Waals surface area contributed by atoms with Crippen molar-refractivity contribution >= 4 is 29.0 Å². The van der Waals surface area contributed by atoms with E-state index in [9.17, 15) is 14.4 Å². The summed E-state index contributed by atoms with van der Waals surface area (Å²) in [5.41, 5.74) is 4.62. The van der Waals surface area contributed by atoms with Gasteiger partial charge in [-0.3, -0.25) is 14.4 Å². The Morgan fingerprint density at radius 1 is 0.815 bits per heavy atom. The summed E-state index contributed by atoms with van der Waals surface area (Å²) in [4.78, 5) is 35.8. The molecule has 0 fully saturated rings. The molecule has 0 aromatic heterocycles. The number of carbonyl (C=O) groups excluding carboxylic acids is 3. The summed E-state index contributed by atoms with van der Waals surface area (Å²) in [6.45, 7) is 1.79. The van der Waals surface area contributed by atoms with Crippen LogP contribution in [0.1, 0.15) is 54.1 Å². The van der Waals surface area contributed by atoms with Crippen LogP contribution >= 0.6 is 0 Å². The zero-order chi connectivity index (χ0) is 19.2. The summed E-state index contributed by atoms with van der Waals surface area (Å²) in [5.74, 6) is -0.260. The molecule has 2 aromatic carbocycles. The second kappa shape index (κ2) is 8.62. The summed E-state index contributed by atoms with van der Waals surface area (Å²) in [5, 5.41) is 5.53. The van der Waals surface area contributed by atoms with Gasteiger partial charge in [0.1, 0.15) is 0 Å². The predicted molar refractivity (Wildman–Crippen MR) is 106 cm³/mol. The SMILES string of the molecule is CCC(=O)Nc1ccc(NC(=O)CCC(=O)c2ccc3c(c2)CCC3)cc1. The molecule has 3 rings (SSSR count).